The summed E-state index contributed by atoms with van der Waals surface area (Å²) in [5, 5.41) is 7.62. The molecule has 7 nitrogen and oxygen atoms in total. The van der Waals surface area contributed by atoms with Crippen LogP contribution in [0.4, 0.5) is 0 Å². The molecule has 1 N–H and O–H groups in total. The lowest BCUT2D eigenvalue weighted by Crippen LogP contribution is -2.36. The van der Waals surface area contributed by atoms with Crippen LogP contribution in [-0.2, 0) is 11.3 Å². The zero-order chi connectivity index (χ0) is 20.1. The molecule has 1 heterocycles. The molecule has 2 aromatic carbocycles. The van der Waals surface area contributed by atoms with Gasteiger partial charge in [0, 0.05) is 11.9 Å². The van der Waals surface area contributed by atoms with Gasteiger partial charge in [0.15, 0.2) is 0 Å². The molecule has 0 spiro atoms. The number of rotatable bonds is 7. The van der Waals surface area contributed by atoms with Gasteiger partial charge in [0.25, 0.3) is 0 Å². The first-order chi connectivity index (χ1) is 13.5. The number of para-hydroxylation sites is 1. The Morgan fingerprint density at radius 3 is 2.57 bits per heavy atom. The van der Waals surface area contributed by atoms with E-state index in [-0.39, 0.29) is 23.9 Å². The molecule has 3 aromatic rings. The van der Waals surface area contributed by atoms with Crippen LogP contribution in [0.2, 0.25) is 0 Å². The first kappa shape index (κ1) is 19.6. The Hall–Kier alpha value is -3.19. The van der Waals surface area contributed by atoms with Crippen LogP contribution in [0.3, 0.4) is 0 Å². The zero-order valence-corrected chi connectivity index (χ0v) is 16.3. The number of likely N-dealkylation sites (N-methyl/N-ethyl adjacent to an activating group) is 1. The molecule has 0 fully saturated rings. The molecule has 7 heteroatoms. The molecule has 1 unspecified atom stereocenters. The SMILES string of the molecule is COc1ccc(C(CNC(=O)Cn2ncc(=O)c3ccccc32)N(C)C)cc1. The fourth-order valence-corrected chi connectivity index (χ4v) is 3.11. The highest BCUT2D eigenvalue weighted by Gasteiger charge is 2.16. The molecule has 1 aromatic heterocycles. The van der Waals surface area contributed by atoms with Crippen LogP contribution >= 0.6 is 0 Å². The maximum atomic E-state index is 12.5. The lowest BCUT2D eigenvalue weighted by atomic mass is 10.1. The summed E-state index contributed by atoms with van der Waals surface area (Å²) in [6.45, 7) is 0.500. The first-order valence-electron chi connectivity index (χ1n) is 9.01. The van der Waals surface area contributed by atoms with Gasteiger partial charge in [0.1, 0.15) is 12.3 Å². The van der Waals surface area contributed by atoms with Gasteiger partial charge >= 0.3 is 0 Å². The molecule has 3 rings (SSSR count). The Morgan fingerprint density at radius 1 is 1.18 bits per heavy atom. The third-order valence-corrected chi connectivity index (χ3v) is 4.67. The number of nitrogens with one attached hydrogen (secondary N) is 1. The van der Waals surface area contributed by atoms with Gasteiger partial charge in [0.2, 0.25) is 11.3 Å². The van der Waals surface area contributed by atoms with Gasteiger partial charge in [-0.1, -0.05) is 24.3 Å². The van der Waals surface area contributed by atoms with Gasteiger partial charge in [-0.2, -0.15) is 5.10 Å². The highest BCUT2D eigenvalue weighted by molar-refractivity contribution is 5.81. The summed E-state index contributed by atoms with van der Waals surface area (Å²) >= 11 is 0. The molecule has 0 bridgehead atoms. The smallest absolute Gasteiger partial charge is 0.241 e. The van der Waals surface area contributed by atoms with Crippen molar-refractivity contribution >= 4 is 16.8 Å². The van der Waals surface area contributed by atoms with Gasteiger partial charge in [-0.05, 0) is 43.9 Å². The average molecular weight is 380 g/mol. The summed E-state index contributed by atoms with van der Waals surface area (Å²) in [5.41, 5.74) is 1.57. The molecule has 0 aliphatic carbocycles. The van der Waals surface area contributed by atoms with Crippen molar-refractivity contribution in [3.8, 4) is 5.75 Å². The van der Waals surface area contributed by atoms with E-state index in [4.69, 9.17) is 4.74 Å². The third kappa shape index (κ3) is 4.37. The molecular weight excluding hydrogens is 356 g/mol. The first-order valence-corrected chi connectivity index (χ1v) is 9.01. The van der Waals surface area contributed by atoms with Crippen LogP contribution < -0.4 is 15.5 Å². The Labute approximate surface area is 163 Å². The Morgan fingerprint density at radius 2 is 1.89 bits per heavy atom. The van der Waals surface area contributed by atoms with E-state index >= 15 is 0 Å². The van der Waals surface area contributed by atoms with E-state index in [2.05, 4.69) is 15.3 Å². The summed E-state index contributed by atoms with van der Waals surface area (Å²) < 4.78 is 6.75. The summed E-state index contributed by atoms with van der Waals surface area (Å²) in [6.07, 6.45) is 1.25. The van der Waals surface area contributed by atoms with Crippen LogP contribution in [0.5, 0.6) is 5.75 Å². The number of aromatic nitrogens is 2. The van der Waals surface area contributed by atoms with E-state index in [1.807, 2.05) is 44.4 Å². The monoisotopic (exact) mass is 380 g/mol. The van der Waals surface area contributed by atoms with Gasteiger partial charge in [0.05, 0.1) is 24.9 Å². The summed E-state index contributed by atoms with van der Waals surface area (Å²) in [7, 11) is 5.57. The second-order valence-electron chi connectivity index (χ2n) is 6.74. The lowest BCUT2D eigenvalue weighted by Gasteiger charge is -2.25. The highest BCUT2D eigenvalue weighted by Crippen LogP contribution is 2.20. The quantitative estimate of drug-likeness (QED) is 0.677. The van der Waals surface area contributed by atoms with E-state index in [1.54, 1.807) is 30.0 Å². The molecule has 0 saturated carbocycles. The normalized spacial score (nSPS) is 12.1. The Bertz CT molecular complexity index is 1010. The molecule has 0 aliphatic heterocycles. The number of carbonyl (C=O) groups excluding carboxylic acids is 1. The summed E-state index contributed by atoms with van der Waals surface area (Å²) in [4.78, 5) is 26.5. The molecule has 0 saturated heterocycles. The van der Waals surface area contributed by atoms with Crippen molar-refractivity contribution in [2.24, 2.45) is 0 Å². The van der Waals surface area contributed by atoms with E-state index in [0.29, 0.717) is 17.4 Å². The minimum atomic E-state index is -0.165. The largest absolute Gasteiger partial charge is 0.497 e. The molecule has 0 aliphatic rings. The Balaban J connectivity index is 1.70. The summed E-state index contributed by atoms with van der Waals surface area (Å²) in [5.74, 6) is 0.628. The van der Waals surface area contributed by atoms with Crippen LogP contribution in [0.15, 0.2) is 59.5 Å². The lowest BCUT2D eigenvalue weighted by molar-refractivity contribution is -0.122. The molecule has 1 atom stereocenters. The predicted molar refractivity (Wildman–Crippen MR) is 108 cm³/mol. The van der Waals surface area contributed by atoms with Gasteiger partial charge < -0.3 is 15.0 Å². The fourth-order valence-electron chi connectivity index (χ4n) is 3.11. The van der Waals surface area contributed by atoms with Crippen LogP contribution in [0, 0.1) is 0 Å². The molecule has 28 heavy (non-hydrogen) atoms. The maximum Gasteiger partial charge on any atom is 0.241 e. The molecular formula is C21H24N4O3. The number of nitrogens with zero attached hydrogens (tertiary/aromatic N) is 3. The second kappa shape index (κ2) is 8.67. The minimum absolute atomic E-state index is 0.0218. The number of fused-ring (bicyclic) bond motifs is 1. The van der Waals surface area contributed by atoms with E-state index < -0.39 is 0 Å². The minimum Gasteiger partial charge on any atom is -0.497 e. The number of hydrogen-bond acceptors (Lipinski definition) is 5. The van der Waals surface area contributed by atoms with Crippen LogP contribution in [-0.4, -0.2) is 48.3 Å². The van der Waals surface area contributed by atoms with E-state index in [1.165, 1.54) is 6.20 Å². The average Bonchev–Trinajstić information content (AvgIpc) is 2.71. The van der Waals surface area contributed by atoms with Crippen LogP contribution in [0.1, 0.15) is 11.6 Å². The molecule has 0 radical (unpaired) electrons. The second-order valence-corrected chi connectivity index (χ2v) is 6.74. The molecule has 1 amide bonds. The van der Waals surface area contributed by atoms with Crippen molar-refractivity contribution in [2.45, 2.75) is 12.6 Å². The van der Waals surface area contributed by atoms with Crippen molar-refractivity contribution < 1.29 is 9.53 Å². The number of amides is 1. The third-order valence-electron chi connectivity index (χ3n) is 4.67. The van der Waals surface area contributed by atoms with E-state index in [9.17, 15) is 9.59 Å². The number of methoxy groups -OCH3 is 1. The summed E-state index contributed by atoms with van der Waals surface area (Å²) in [6, 6.07) is 15.0. The van der Waals surface area contributed by atoms with Crippen molar-refractivity contribution in [3.63, 3.8) is 0 Å². The van der Waals surface area contributed by atoms with Crippen molar-refractivity contribution in [3.05, 3.63) is 70.5 Å². The van der Waals surface area contributed by atoms with Crippen molar-refractivity contribution in [1.82, 2.24) is 20.0 Å². The fraction of sp³-hybridized carbons (Fsp3) is 0.286. The number of hydrogen-bond donors (Lipinski definition) is 1. The van der Waals surface area contributed by atoms with Gasteiger partial charge in [-0.15, -0.1) is 0 Å². The highest BCUT2D eigenvalue weighted by atomic mass is 16.5. The van der Waals surface area contributed by atoms with Crippen LogP contribution in [0.25, 0.3) is 10.9 Å². The topological polar surface area (TPSA) is 76.5 Å². The van der Waals surface area contributed by atoms with E-state index in [0.717, 1.165) is 11.3 Å². The number of ether oxygens (including phenoxy) is 1. The van der Waals surface area contributed by atoms with Crippen molar-refractivity contribution in [1.29, 1.82) is 0 Å². The van der Waals surface area contributed by atoms with Gasteiger partial charge in [-0.3, -0.25) is 14.3 Å². The number of carbonyl (C=O) groups is 1. The number of benzene rings is 2. The van der Waals surface area contributed by atoms with Gasteiger partial charge in [-0.25, -0.2) is 0 Å². The maximum absolute atomic E-state index is 12.5. The molecule has 146 valence electrons. The Kier molecular flexibility index (Phi) is 6.06. The standard InChI is InChI=1S/C21H24N4O3/c1-24(2)19(15-8-10-16(28-3)11-9-15)12-22-21(27)14-25-18-7-5-4-6-17(18)20(26)13-23-25/h4-11,13,19H,12,14H2,1-3H3,(H,22,27). The van der Waals surface area contributed by atoms with Crippen molar-refractivity contribution in [2.75, 3.05) is 27.7 Å². The predicted octanol–water partition coefficient (Wildman–Crippen LogP) is 1.82. The zero-order valence-electron chi connectivity index (χ0n) is 16.3.